The van der Waals surface area contributed by atoms with Crippen molar-refractivity contribution >= 4 is 68.8 Å². The molecule has 12 heteroatoms. The monoisotopic (exact) mass is 455 g/mol. The summed E-state index contributed by atoms with van der Waals surface area (Å²) in [4.78, 5) is 46.7. The third kappa shape index (κ3) is 4.84. The number of hydrogen-bond donors (Lipinski definition) is 2. The molecule has 0 bridgehead atoms. The normalized spacial score (nSPS) is 16.2. The number of nitrogens with zero attached hydrogens (tertiary/aromatic N) is 3. The molecular formula is C17H15Cl2N5O4S. The van der Waals surface area contributed by atoms with Gasteiger partial charge in [0, 0.05) is 16.1 Å². The minimum absolute atomic E-state index is 0.118. The number of alkyl halides is 1. The van der Waals surface area contributed by atoms with Crippen molar-refractivity contribution in [2.45, 2.75) is 6.04 Å². The molecule has 0 aliphatic carbocycles. The first-order valence-electron chi connectivity index (χ1n) is 8.23. The molecule has 2 aromatic rings. The number of rotatable bonds is 7. The van der Waals surface area contributed by atoms with Crippen LogP contribution >= 0.6 is 34.5 Å². The highest BCUT2D eigenvalue weighted by Crippen LogP contribution is 2.24. The van der Waals surface area contributed by atoms with Crippen LogP contribution < -0.4 is 15.5 Å². The standard InChI is InChI=1S/C17H15Cl2N5O4S/c1-28-23-14(12-8-29-17(21-12)22-13(25)6-18)15(26)20-11-7-24(16(11)27)10-4-2-9(19)3-5-10/h2-5,8,11H,6-7H2,1H3,(H,20,26)(H,21,22,25). The predicted octanol–water partition coefficient (Wildman–Crippen LogP) is 1.86. The predicted molar refractivity (Wildman–Crippen MR) is 111 cm³/mol. The molecule has 1 atom stereocenters. The third-order valence-corrected chi connectivity index (χ3v) is 5.14. The molecule has 1 fully saturated rings. The smallest absolute Gasteiger partial charge is 0.276 e. The fourth-order valence-electron chi connectivity index (χ4n) is 2.50. The molecule has 0 saturated carbocycles. The van der Waals surface area contributed by atoms with E-state index in [-0.39, 0.29) is 28.3 Å². The average molecular weight is 456 g/mol. The topological polar surface area (TPSA) is 113 Å². The fraction of sp³-hybridized carbons (Fsp3) is 0.235. The second kappa shape index (κ2) is 9.21. The first-order valence-corrected chi connectivity index (χ1v) is 10.0. The quantitative estimate of drug-likeness (QED) is 0.286. The Labute approximate surface area is 179 Å². The maximum atomic E-state index is 12.6. The first-order chi connectivity index (χ1) is 13.9. The summed E-state index contributed by atoms with van der Waals surface area (Å²) >= 11 is 12.4. The number of halogens is 2. The molecule has 3 amide bonds. The lowest BCUT2D eigenvalue weighted by molar-refractivity contribution is -0.128. The molecular weight excluding hydrogens is 441 g/mol. The molecule has 1 unspecified atom stereocenters. The maximum Gasteiger partial charge on any atom is 0.276 e. The van der Waals surface area contributed by atoms with Gasteiger partial charge in [-0.1, -0.05) is 16.8 Å². The average Bonchev–Trinajstić information content (AvgIpc) is 3.17. The highest BCUT2D eigenvalue weighted by molar-refractivity contribution is 7.14. The zero-order valence-corrected chi connectivity index (χ0v) is 17.3. The Bertz CT molecular complexity index is 963. The van der Waals surface area contributed by atoms with Crippen LogP contribution in [0.2, 0.25) is 5.02 Å². The fourth-order valence-corrected chi connectivity index (χ4v) is 3.41. The van der Waals surface area contributed by atoms with Crippen LogP contribution in [-0.2, 0) is 19.2 Å². The van der Waals surface area contributed by atoms with E-state index in [1.54, 1.807) is 24.3 Å². The van der Waals surface area contributed by atoms with Crippen LogP contribution in [0.3, 0.4) is 0 Å². The van der Waals surface area contributed by atoms with Gasteiger partial charge in [-0.25, -0.2) is 4.98 Å². The number of carbonyl (C=O) groups is 3. The Morgan fingerprint density at radius 1 is 1.38 bits per heavy atom. The highest BCUT2D eigenvalue weighted by Gasteiger charge is 2.39. The number of anilines is 2. The van der Waals surface area contributed by atoms with Crippen molar-refractivity contribution in [3.05, 3.63) is 40.4 Å². The number of nitrogens with one attached hydrogen (secondary N) is 2. The van der Waals surface area contributed by atoms with Gasteiger partial charge in [0.05, 0.1) is 6.54 Å². The van der Waals surface area contributed by atoms with Gasteiger partial charge >= 0.3 is 0 Å². The summed E-state index contributed by atoms with van der Waals surface area (Å²) in [6, 6.07) is 6.11. The highest BCUT2D eigenvalue weighted by atomic mass is 35.5. The van der Waals surface area contributed by atoms with Crippen molar-refractivity contribution in [1.82, 2.24) is 10.3 Å². The summed E-state index contributed by atoms with van der Waals surface area (Å²) in [5.74, 6) is -1.53. The van der Waals surface area contributed by atoms with E-state index in [9.17, 15) is 14.4 Å². The first kappa shape index (κ1) is 21.0. The largest absolute Gasteiger partial charge is 0.398 e. The van der Waals surface area contributed by atoms with Crippen molar-refractivity contribution in [3.8, 4) is 0 Å². The summed E-state index contributed by atoms with van der Waals surface area (Å²) in [7, 11) is 1.28. The molecule has 3 rings (SSSR count). The number of oxime groups is 1. The van der Waals surface area contributed by atoms with Crippen molar-refractivity contribution in [2.24, 2.45) is 5.16 Å². The summed E-state index contributed by atoms with van der Waals surface area (Å²) in [6.07, 6.45) is 0. The molecule has 1 aromatic carbocycles. The summed E-state index contributed by atoms with van der Waals surface area (Å²) in [5, 5.41) is 11.2. The molecule has 0 spiro atoms. The number of carbonyl (C=O) groups excluding carboxylic acids is 3. The number of amides is 3. The van der Waals surface area contributed by atoms with Crippen LogP contribution in [0.5, 0.6) is 0 Å². The number of β-lactam (4-membered cyclic amide) rings is 1. The molecule has 1 saturated heterocycles. The van der Waals surface area contributed by atoms with Gasteiger partial charge in [-0.3, -0.25) is 14.4 Å². The van der Waals surface area contributed by atoms with E-state index in [1.165, 1.54) is 17.4 Å². The summed E-state index contributed by atoms with van der Waals surface area (Å²) in [5.41, 5.74) is 0.767. The lowest BCUT2D eigenvalue weighted by Gasteiger charge is -2.38. The van der Waals surface area contributed by atoms with E-state index in [4.69, 9.17) is 28.0 Å². The van der Waals surface area contributed by atoms with Gasteiger partial charge in [-0.05, 0) is 24.3 Å². The summed E-state index contributed by atoms with van der Waals surface area (Å²) < 4.78 is 0. The van der Waals surface area contributed by atoms with Crippen molar-refractivity contribution in [1.29, 1.82) is 0 Å². The Morgan fingerprint density at radius 3 is 2.72 bits per heavy atom. The van der Waals surface area contributed by atoms with E-state index in [2.05, 4.69) is 20.8 Å². The van der Waals surface area contributed by atoms with Crippen LogP contribution in [0, 0.1) is 0 Å². The SMILES string of the molecule is CON=C(C(=O)NC1CN(c2ccc(Cl)cc2)C1=O)c1csc(NC(=O)CCl)n1. The van der Waals surface area contributed by atoms with Gasteiger partial charge in [0.1, 0.15) is 24.7 Å². The van der Waals surface area contributed by atoms with Crippen LogP contribution in [0.15, 0.2) is 34.8 Å². The molecule has 1 aliphatic heterocycles. The molecule has 1 aliphatic rings. The van der Waals surface area contributed by atoms with E-state index in [0.717, 1.165) is 11.3 Å². The lowest BCUT2D eigenvalue weighted by Crippen LogP contribution is -2.65. The van der Waals surface area contributed by atoms with Gasteiger partial charge in [-0.15, -0.1) is 22.9 Å². The van der Waals surface area contributed by atoms with Crippen molar-refractivity contribution in [3.63, 3.8) is 0 Å². The van der Waals surface area contributed by atoms with E-state index < -0.39 is 17.9 Å². The number of thiazole rings is 1. The molecule has 1 aromatic heterocycles. The van der Waals surface area contributed by atoms with Gasteiger partial charge in [-0.2, -0.15) is 0 Å². The minimum atomic E-state index is -0.700. The van der Waals surface area contributed by atoms with E-state index in [1.807, 2.05) is 0 Å². The van der Waals surface area contributed by atoms with Crippen LogP contribution in [0.25, 0.3) is 0 Å². The van der Waals surface area contributed by atoms with Gasteiger partial charge in [0.15, 0.2) is 10.8 Å². The van der Waals surface area contributed by atoms with E-state index in [0.29, 0.717) is 17.3 Å². The minimum Gasteiger partial charge on any atom is -0.398 e. The second-order valence-electron chi connectivity index (χ2n) is 5.79. The molecule has 29 heavy (non-hydrogen) atoms. The molecule has 2 N–H and O–H groups in total. The third-order valence-electron chi connectivity index (χ3n) is 3.89. The number of hydrogen-bond acceptors (Lipinski definition) is 7. The second-order valence-corrected chi connectivity index (χ2v) is 7.36. The Hall–Kier alpha value is -2.69. The Kier molecular flexibility index (Phi) is 6.68. The zero-order valence-electron chi connectivity index (χ0n) is 15.0. The van der Waals surface area contributed by atoms with Crippen LogP contribution in [-0.4, -0.2) is 54.0 Å². The Morgan fingerprint density at radius 2 is 2.10 bits per heavy atom. The molecule has 0 radical (unpaired) electrons. The van der Waals surface area contributed by atoms with Gasteiger partial charge < -0.3 is 20.4 Å². The molecule has 152 valence electrons. The Balaban J connectivity index is 1.65. The van der Waals surface area contributed by atoms with Crippen LogP contribution in [0.1, 0.15) is 5.69 Å². The zero-order chi connectivity index (χ0) is 21.0. The lowest BCUT2D eigenvalue weighted by atomic mass is 10.1. The van der Waals surface area contributed by atoms with E-state index >= 15 is 0 Å². The molecule has 2 heterocycles. The van der Waals surface area contributed by atoms with Crippen LogP contribution in [0.4, 0.5) is 10.8 Å². The van der Waals surface area contributed by atoms with Gasteiger partial charge in [0.25, 0.3) is 11.8 Å². The maximum absolute atomic E-state index is 12.6. The number of benzene rings is 1. The summed E-state index contributed by atoms with van der Waals surface area (Å²) in [6.45, 7) is 0.306. The molecule has 9 nitrogen and oxygen atoms in total. The van der Waals surface area contributed by atoms with Crippen molar-refractivity contribution in [2.75, 3.05) is 29.8 Å². The number of aromatic nitrogens is 1. The van der Waals surface area contributed by atoms with Gasteiger partial charge in [0.2, 0.25) is 5.91 Å². The van der Waals surface area contributed by atoms with Crippen molar-refractivity contribution < 1.29 is 19.2 Å².